The van der Waals surface area contributed by atoms with Gasteiger partial charge in [0.05, 0.1) is 11.1 Å². The highest BCUT2D eigenvalue weighted by atomic mass is 19.1. The van der Waals surface area contributed by atoms with Gasteiger partial charge in [-0.1, -0.05) is 18.2 Å². The van der Waals surface area contributed by atoms with Crippen molar-refractivity contribution in [2.45, 2.75) is 51.5 Å². The highest BCUT2D eigenvalue weighted by Gasteiger charge is 2.43. The summed E-state index contributed by atoms with van der Waals surface area (Å²) in [6, 6.07) is 6.51. The van der Waals surface area contributed by atoms with Gasteiger partial charge in [-0.3, -0.25) is 9.48 Å². The van der Waals surface area contributed by atoms with Crippen LogP contribution < -0.4 is 5.32 Å². The third kappa shape index (κ3) is 3.76. The highest BCUT2D eigenvalue weighted by molar-refractivity contribution is 5.88. The molecule has 0 aliphatic carbocycles. The van der Waals surface area contributed by atoms with Gasteiger partial charge in [0, 0.05) is 37.6 Å². The van der Waals surface area contributed by atoms with Crippen molar-refractivity contribution in [3.63, 3.8) is 0 Å². The van der Waals surface area contributed by atoms with Crippen LogP contribution in [0.15, 0.2) is 24.3 Å². The fourth-order valence-corrected chi connectivity index (χ4v) is 4.02. The summed E-state index contributed by atoms with van der Waals surface area (Å²) in [5.74, 6) is -0.455. The minimum Gasteiger partial charge on any atom is -0.381 e. The second-order valence-electron chi connectivity index (χ2n) is 7.53. The lowest BCUT2D eigenvalue weighted by Crippen LogP contribution is -2.51. The number of aromatic nitrogens is 2. The Bertz CT molecular complexity index is 825. The van der Waals surface area contributed by atoms with E-state index in [0.717, 1.165) is 17.0 Å². The summed E-state index contributed by atoms with van der Waals surface area (Å²) in [5, 5.41) is 7.57. The molecule has 0 spiro atoms. The van der Waals surface area contributed by atoms with E-state index in [1.54, 1.807) is 18.2 Å². The van der Waals surface area contributed by atoms with Gasteiger partial charge >= 0.3 is 0 Å². The molecule has 1 aromatic heterocycles. The van der Waals surface area contributed by atoms with Crippen LogP contribution in [-0.2, 0) is 28.4 Å². The van der Waals surface area contributed by atoms with Gasteiger partial charge < -0.3 is 10.1 Å². The van der Waals surface area contributed by atoms with Gasteiger partial charge in [-0.2, -0.15) is 5.10 Å². The third-order valence-corrected chi connectivity index (χ3v) is 5.72. The van der Waals surface area contributed by atoms with Crippen LogP contribution in [0.1, 0.15) is 42.3 Å². The van der Waals surface area contributed by atoms with Gasteiger partial charge in [0.15, 0.2) is 0 Å². The summed E-state index contributed by atoms with van der Waals surface area (Å²) in [6.07, 6.45) is 1.66. The summed E-state index contributed by atoms with van der Waals surface area (Å²) < 4.78 is 21.9. The second-order valence-corrected chi connectivity index (χ2v) is 7.53. The Morgan fingerprint density at radius 3 is 2.59 bits per heavy atom. The molecule has 5 nitrogen and oxygen atoms in total. The molecular formula is C21H28FN3O2. The minimum absolute atomic E-state index is 0.0782. The third-order valence-electron chi connectivity index (χ3n) is 5.72. The minimum atomic E-state index is -0.878. The number of ether oxygens (including phenoxy) is 1. The highest BCUT2D eigenvalue weighted by Crippen LogP contribution is 2.36. The molecule has 0 radical (unpaired) electrons. The Balaban J connectivity index is 1.82. The number of hydrogen-bond acceptors (Lipinski definition) is 3. The maximum Gasteiger partial charge on any atom is 0.231 e. The lowest BCUT2D eigenvalue weighted by atomic mass is 9.73. The average Bonchev–Trinajstić information content (AvgIpc) is 2.88. The molecule has 146 valence electrons. The number of rotatable bonds is 5. The maximum absolute atomic E-state index is 14.5. The molecule has 1 amide bonds. The van der Waals surface area contributed by atoms with Gasteiger partial charge in [-0.25, -0.2) is 4.39 Å². The first-order valence-corrected chi connectivity index (χ1v) is 9.48. The molecule has 0 saturated carbocycles. The summed E-state index contributed by atoms with van der Waals surface area (Å²) in [5.41, 5.74) is 2.81. The predicted octanol–water partition coefficient (Wildman–Crippen LogP) is 2.97. The molecule has 27 heavy (non-hydrogen) atoms. The second kappa shape index (κ2) is 7.80. The van der Waals surface area contributed by atoms with Crippen LogP contribution >= 0.6 is 0 Å². The normalized spacial score (nSPS) is 17.5. The quantitative estimate of drug-likeness (QED) is 0.877. The van der Waals surface area contributed by atoms with Crippen LogP contribution in [0.5, 0.6) is 0 Å². The molecule has 1 saturated heterocycles. The van der Waals surface area contributed by atoms with Crippen molar-refractivity contribution in [3.05, 3.63) is 52.6 Å². The number of carbonyl (C=O) groups is 1. The summed E-state index contributed by atoms with van der Waals surface area (Å²) in [6.45, 7) is 6.91. The van der Waals surface area contributed by atoms with Crippen molar-refractivity contribution in [1.29, 1.82) is 0 Å². The van der Waals surface area contributed by atoms with Gasteiger partial charge in [0.2, 0.25) is 5.91 Å². The number of benzene rings is 1. The van der Waals surface area contributed by atoms with Crippen LogP contribution in [0.25, 0.3) is 0 Å². The van der Waals surface area contributed by atoms with Crippen molar-refractivity contribution in [2.75, 3.05) is 13.2 Å². The van der Waals surface area contributed by atoms with E-state index in [1.165, 1.54) is 6.07 Å². The van der Waals surface area contributed by atoms with Crippen LogP contribution in [-0.4, -0.2) is 34.9 Å². The molecule has 3 rings (SSSR count). The van der Waals surface area contributed by atoms with Crippen molar-refractivity contribution < 1.29 is 13.9 Å². The van der Waals surface area contributed by atoms with Crippen LogP contribution in [0.2, 0.25) is 0 Å². The first-order valence-electron chi connectivity index (χ1n) is 9.48. The molecule has 1 atom stereocenters. The van der Waals surface area contributed by atoms with E-state index in [9.17, 15) is 9.18 Å². The van der Waals surface area contributed by atoms with E-state index in [2.05, 4.69) is 10.4 Å². The molecule has 1 aliphatic rings. The Labute approximate surface area is 159 Å². The molecule has 6 heteroatoms. The van der Waals surface area contributed by atoms with Gasteiger partial charge in [0.1, 0.15) is 5.82 Å². The molecule has 1 fully saturated rings. The molecule has 1 aliphatic heterocycles. The SMILES string of the molecule is Cc1nn(C)c(C)c1CC(C)NC(=O)C1(c2ccccc2F)CCOCC1. The zero-order chi connectivity index (χ0) is 19.6. The lowest BCUT2D eigenvalue weighted by Gasteiger charge is -2.37. The van der Waals surface area contributed by atoms with Crippen LogP contribution in [0, 0.1) is 19.7 Å². The molecule has 1 N–H and O–H groups in total. The molecule has 0 bridgehead atoms. The number of amides is 1. The fourth-order valence-electron chi connectivity index (χ4n) is 4.02. The van der Waals surface area contributed by atoms with Crippen LogP contribution in [0.3, 0.4) is 0 Å². The van der Waals surface area contributed by atoms with Crippen molar-refractivity contribution in [1.82, 2.24) is 15.1 Å². The van der Waals surface area contributed by atoms with Crippen molar-refractivity contribution >= 4 is 5.91 Å². The van der Waals surface area contributed by atoms with E-state index in [-0.39, 0.29) is 17.8 Å². The molecule has 2 heterocycles. The lowest BCUT2D eigenvalue weighted by molar-refractivity contribution is -0.131. The average molecular weight is 373 g/mol. The van der Waals surface area contributed by atoms with E-state index in [4.69, 9.17) is 4.74 Å². The van der Waals surface area contributed by atoms with Gasteiger partial charge in [-0.15, -0.1) is 0 Å². The number of halogens is 1. The largest absolute Gasteiger partial charge is 0.381 e. The van der Waals surface area contributed by atoms with Gasteiger partial charge in [-0.05, 0) is 51.7 Å². The number of aryl methyl sites for hydroxylation is 2. The number of nitrogens with one attached hydrogen (secondary N) is 1. The Kier molecular flexibility index (Phi) is 5.65. The molecule has 1 aromatic carbocycles. The first-order chi connectivity index (χ1) is 12.8. The smallest absolute Gasteiger partial charge is 0.231 e. The Hall–Kier alpha value is -2.21. The summed E-state index contributed by atoms with van der Waals surface area (Å²) in [4.78, 5) is 13.3. The Morgan fingerprint density at radius 1 is 1.33 bits per heavy atom. The zero-order valence-corrected chi connectivity index (χ0v) is 16.5. The molecule has 1 unspecified atom stereocenters. The standard InChI is InChI=1S/C21H28FN3O2/c1-14(13-17-15(2)24-25(4)16(17)3)23-20(26)21(9-11-27-12-10-21)18-7-5-6-8-19(18)22/h5-8,14H,9-13H2,1-4H3,(H,23,26). The number of hydrogen-bond donors (Lipinski definition) is 1. The summed E-state index contributed by atoms with van der Waals surface area (Å²) in [7, 11) is 1.92. The molecule has 2 aromatic rings. The number of carbonyl (C=O) groups excluding carboxylic acids is 1. The predicted molar refractivity (Wildman–Crippen MR) is 102 cm³/mol. The van der Waals surface area contributed by atoms with Crippen LogP contribution in [0.4, 0.5) is 4.39 Å². The first kappa shape index (κ1) is 19.5. The fraction of sp³-hybridized carbons (Fsp3) is 0.524. The van der Waals surface area contributed by atoms with E-state index in [0.29, 0.717) is 38.0 Å². The zero-order valence-electron chi connectivity index (χ0n) is 16.5. The topological polar surface area (TPSA) is 56.2 Å². The van der Waals surface area contributed by atoms with E-state index in [1.807, 2.05) is 32.5 Å². The van der Waals surface area contributed by atoms with Crippen molar-refractivity contribution in [3.8, 4) is 0 Å². The Morgan fingerprint density at radius 2 is 2.00 bits per heavy atom. The number of nitrogens with zero attached hydrogens (tertiary/aromatic N) is 2. The monoisotopic (exact) mass is 373 g/mol. The van der Waals surface area contributed by atoms with Crippen molar-refractivity contribution in [2.24, 2.45) is 7.05 Å². The molecular weight excluding hydrogens is 345 g/mol. The maximum atomic E-state index is 14.5. The van der Waals surface area contributed by atoms with Gasteiger partial charge in [0.25, 0.3) is 0 Å². The van der Waals surface area contributed by atoms with E-state index < -0.39 is 5.41 Å². The van der Waals surface area contributed by atoms with E-state index >= 15 is 0 Å². The summed E-state index contributed by atoms with van der Waals surface area (Å²) >= 11 is 0.